The van der Waals surface area contributed by atoms with Gasteiger partial charge in [0.15, 0.2) is 0 Å². The van der Waals surface area contributed by atoms with Gasteiger partial charge in [-0.3, -0.25) is 0 Å². The first-order valence-electron chi connectivity index (χ1n) is 7.76. The number of anilines is 1. The van der Waals surface area contributed by atoms with Gasteiger partial charge in [0.05, 0.1) is 11.8 Å². The molecule has 1 N–H and O–H groups in total. The average molecular weight is 281 g/mol. The molecule has 5 nitrogen and oxygen atoms in total. The van der Waals surface area contributed by atoms with Crippen molar-refractivity contribution in [1.29, 1.82) is 0 Å². The van der Waals surface area contributed by atoms with Gasteiger partial charge in [-0.25, -0.2) is 4.98 Å². The average Bonchev–Trinajstić information content (AvgIpc) is 3.06. The van der Waals surface area contributed by atoms with Crippen molar-refractivity contribution in [2.24, 2.45) is 0 Å². The van der Waals surface area contributed by atoms with E-state index in [4.69, 9.17) is 9.47 Å². The van der Waals surface area contributed by atoms with Gasteiger partial charge in [-0.15, -0.1) is 0 Å². The molecule has 20 heavy (non-hydrogen) atoms. The molecule has 0 spiro atoms. The third kappa shape index (κ3) is 4.80. The van der Waals surface area contributed by atoms with Crippen molar-refractivity contribution in [3.05, 3.63) is 11.9 Å². The molecule has 0 aliphatic carbocycles. The number of nitrogens with zero attached hydrogens (tertiary/aromatic N) is 2. The maximum Gasteiger partial charge on any atom is 0.203 e. The summed E-state index contributed by atoms with van der Waals surface area (Å²) in [6, 6.07) is 0. The highest BCUT2D eigenvalue weighted by molar-refractivity contribution is 5.28. The minimum atomic E-state index is 0.434. The number of hydrogen-bond donors (Lipinski definition) is 1. The lowest BCUT2D eigenvalue weighted by molar-refractivity contribution is 0.100. The van der Waals surface area contributed by atoms with Crippen LogP contribution in [-0.2, 0) is 16.0 Å². The van der Waals surface area contributed by atoms with Crippen LogP contribution in [0, 0.1) is 6.92 Å². The molecule has 5 heteroatoms. The van der Waals surface area contributed by atoms with Crippen LogP contribution in [0.5, 0.6) is 0 Å². The summed E-state index contributed by atoms with van der Waals surface area (Å²) < 4.78 is 13.2. The molecule has 1 aromatic rings. The van der Waals surface area contributed by atoms with E-state index in [1.54, 1.807) is 0 Å². The van der Waals surface area contributed by atoms with Crippen molar-refractivity contribution >= 4 is 5.95 Å². The van der Waals surface area contributed by atoms with Gasteiger partial charge in [0, 0.05) is 39.1 Å². The molecule has 1 saturated heterocycles. The summed E-state index contributed by atoms with van der Waals surface area (Å²) in [4.78, 5) is 4.54. The Morgan fingerprint density at radius 2 is 2.45 bits per heavy atom. The fourth-order valence-electron chi connectivity index (χ4n) is 2.53. The number of aryl methyl sites for hydroxylation is 2. The summed E-state index contributed by atoms with van der Waals surface area (Å²) in [5, 5.41) is 3.40. The zero-order valence-corrected chi connectivity index (χ0v) is 12.7. The molecule has 1 aliphatic heterocycles. The smallest absolute Gasteiger partial charge is 0.203 e. The second-order valence-corrected chi connectivity index (χ2v) is 5.30. The van der Waals surface area contributed by atoms with Gasteiger partial charge >= 0.3 is 0 Å². The molecule has 114 valence electrons. The lowest BCUT2D eigenvalue weighted by Crippen LogP contribution is -2.14. The van der Waals surface area contributed by atoms with Gasteiger partial charge in [0.2, 0.25) is 5.95 Å². The van der Waals surface area contributed by atoms with Crippen molar-refractivity contribution in [3.8, 4) is 0 Å². The van der Waals surface area contributed by atoms with E-state index in [9.17, 15) is 0 Å². The van der Waals surface area contributed by atoms with Gasteiger partial charge in [-0.1, -0.05) is 0 Å². The van der Waals surface area contributed by atoms with E-state index in [1.807, 2.05) is 13.8 Å². The molecule has 1 aromatic heterocycles. The number of aromatic nitrogens is 2. The van der Waals surface area contributed by atoms with Crippen LogP contribution in [0.1, 0.15) is 38.3 Å². The van der Waals surface area contributed by atoms with Gasteiger partial charge in [-0.2, -0.15) is 0 Å². The van der Waals surface area contributed by atoms with Crippen LogP contribution in [0.15, 0.2) is 6.20 Å². The molecular formula is C15H27N3O2. The number of hydrogen-bond acceptors (Lipinski definition) is 4. The van der Waals surface area contributed by atoms with Crippen LogP contribution in [0.2, 0.25) is 0 Å². The topological polar surface area (TPSA) is 48.3 Å². The second-order valence-electron chi connectivity index (χ2n) is 5.30. The standard InChI is InChI=1S/C15H27N3O2/c1-3-19-10-5-8-16-15-17-13(2)12-18(15)9-7-14-6-4-11-20-14/h12,14H,3-11H2,1-2H3,(H,16,17). The van der Waals surface area contributed by atoms with E-state index in [-0.39, 0.29) is 0 Å². The van der Waals surface area contributed by atoms with Crippen LogP contribution in [0.4, 0.5) is 5.95 Å². The van der Waals surface area contributed by atoms with Crippen molar-refractivity contribution in [3.63, 3.8) is 0 Å². The molecule has 1 atom stereocenters. The van der Waals surface area contributed by atoms with Gasteiger partial charge in [0.1, 0.15) is 0 Å². The fraction of sp³-hybridized carbons (Fsp3) is 0.800. The van der Waals surface area contributed by atoms with Crippen LogP contribution in [0.3, 0.4) is 0 Å². The summed E-state index contributed by atoms with van der Waals surface area (Å²) in [7, 11) is 0. The predicted octanol–water partition coefficient (Wildman–Crippen LogP) is 2.60. The first-order chi connectivity index (χ1) is 9.79. The molecule has 0 amide bonds. The molecule has 0 saturated carbocycles. The Morgan fingerprint density at radius 1 is 1.55 bits per heavy atom. The maximum absolute atomic E-state index is 5.68. The van der Waals surface area contributed by atoms with Gasteiger partial charge in [0.25, 0.3) is 0 Å². The SMILES string of the molecule is CCOCCCNc1nc(C)cn1CCC1CCCO1. The lowest BCUT2D eigenvalue weighted by atomic mass is 10.2. The van der Waals surface area contributed by atoms with Crippen LogP contribution in [-0.4, -0.2) is 42.0 Å². The monoisotopic (exact) mass is 281 g/mol. The third-order valence-corrected chi connectivity index (χ3v) is 3.57. The van der Waals surface area contributed by atoms with Crippen molar-refractivity contribution in [2.75, 3.05) is 31.7 Å². The summed E-state index contributed by atoms with van der Waals surface area (Å²) in [5.74, 6) is 0.969. The quantitative estimate of drug-likeness (QED) is 0.707. The first-order valence-corrected chi connectivity index (χ1v) is 7.76. The summed E-state index contributed by atoms with van der Waals surface area (Å²) in [5.41, 5.74) is 1.06. The summed E-state index contributed by atoms with van der Waals surface area (Å²) in [6.07, 6.45) is 7.03. The normalized spacial score (nSPS) is 18.6. The Kier molecular flexibility index (Phi) is 6.33. The molecule has 0 aromatic carbocycles. The highest BCUT2D eigenvalue weighted by Gasteiger charge is 2.16. The van der Waals surface area contributed by atoms with E-state index in [0.29, 0.717) is 6.10 Å². The Balaban J connectivity index is 1.76. The van der Waals surface area contributed by atoms with Crippen LogP contribution >= 0.6 is 0 Å². The zero-order chi connectivity index (χ0) is 14.2. The van der Waals surface area contributed by atoms with E-state index < -0.39 is 0 Å². The molecule has 0 bridgehead atoms. The third-order valence-electron chi connectivity index (χ3n) is 3.57. The minimum absolute atomic E-state index is 0.434. The second kappa shape index (κ2) is 8.27. The predicted molar refractivity (Wildman–Crippen MR) is 80.2 cm³/mol. The molecule has 2 rings (SSSR count). The summed E-state index contributed by atoms with van der Waals surface area (Å²) >= 11 is 0. The molecular weight excluding hydrogens is 254 g/mol. The van der Waals surface area contributed by atoms with Crippen LogP contribution < -0.4 is 5.32 Å². The molecule has 0 radical (unpaired) electrons. The Morgan fingerprint density at radius 3 is 3.20 bits per heavy atom. The van der Waals surface area contributed by atoms with E-state index >= 15 is 0 Å². The minimum Gasteiger partial charge on any atom is -0.382 e. The highest BCUT2D eigenvalue weighted by atomic mass is 16.5. The van der Waals surface area contributed by atoms with E-state index in [0.717, 1.165) is 57.4 Å². The lowest BCUT2D eigenvalue weighted by Gasteiger charge is -2.12. The molecule has 1 fully saturated rings. The Hall–Kier alpha value is -1.07. The van der Waals surface area contributed by atoms with Crippen LogP contribution in [0.25, 0.3) is 0 Å². The molecule has 1 aliphatic rings. The molecule has 2 heterocycles. The fourth-order valence-corrected chi connectivity index (χ4v) is 2.53. The number of nitrogens with one attached hydrogen (secondary N) is 1. The Labute approximate surface area is 121 Å². The first kappa shape index (κ1) is 15.3. The number of ether oxygens (including phenoxy) is 2. The number of rotatable bonds is 9. The summed E-state index contributed by atoms with van der Waals surface area (Å²) in [6.45, 7) is 8.45. The van der Waals surface area contributed by atoms with Crippen molar-refractivity contribution < 1.29 is 9.47 Å². The number of imidazole rings is 1. The zero-order valence-electron chi connectivity index (χ0n) is 12.7. The van der Waals surface area contributed by atoms with E-state index in [1.165, 1.54) is 12.8 Å². The maximum atomic E-state index is 5.68. The van der Waals surface area contributed by atoms with Crippen molar-refractivity contribution in [1.82, 2.24) is 9.55 Å². The largest absolute Gasteiger partial charge is 0.382 e. The van der Waals surface area contributed by atoms with E-state index in [2.05, 4.69) is 21.1 Å². The highest BCUT2D eigenvalue weighted by Crippen LogP contribution is 2.18. The van der Waals surface area contributed by atoms with Crippen molar-refractivity contribution in [2.45, 2.75) is 52.2 Å². The molecule has 1 unspecified atom stereocenters. The van der Waals surface area contributed by atoms with Gasteiger partial charge < -0.3 is 19.4 Å². The van der Waals surface area contributed by atoms with Gasteiger partial charge in [-0.05, 0) is 39.5 Å². The Bertz CT molecular complexity index is 386.